The third-order valence-electron chi connectivity index (χ3n) is 5.44. The first-order valence-electron chi connectivity index (χ1n) is 11.3. The zero-order chi connectivity index (χ0) is 24.2. The Morgan fingerprint density at radius 1 is 1.18 bits per heavy atom. The Balaban J connectivity index is 1.66. The number of benzene rings is 2. The number of hydrogen-bond acceptors (Lipinski definition) is 7. The van der Waals surface area contributed by atoms with Crippen molar-refractivity contribution in [3.63, 3.8) is 0 Å². The molecule has 1 fully saturated rings. The fourth-order valence-electron chi connectivity index (χ4n) is 3.73. The number of amides is 1. The van der Waals surface area contributed by atoms with Crippen molar-refractivity contribution in [2.75, 3.05) is 53.2 Å². The van der Waals surface area contributed by atoms with Crippen LogP contribution in [-0.4, -0.2) is 64.0 Å². The van der Waals surface area contributed by atoms with Crippen LogP contribution in [0.15, 0.2) is 48.5 Å². The number of rotatable bonds is 11. The van der Waals surface area contributed by atoms with E-state index >= 15 is 0 Å². The van der Waals surface area contributed by atoms with E-state index in [9.17, 15) is 4.79 Å². The number of methoxy groups -OCH3 is 1. The number of nitriles is 1. The predicted molar refractivity (Wildman–Crippen MR) is 129 cm³/mol. The Hall–Kier alpha value is -3.54. The van der Waals surface area contributed by atoms with Crippen LogP contribution in [-0.2, 0) is 9.53 Å². The van der Waals surface area contributed by atoms with Gasteiger partial charge in [0.1, 0.15) is 11.8 Å². The zero-order valence-corrected chi connectivity index (χ0v) is 19.7. The normalized spacial score (nSPS) is 14.9. The summed E-state index contributed by atoms with van der Waals surface area (Å²) in [5, 5.41) is 11.6. The largest absolute Gasteiger partial charge is 0.493 e. The second-order valence-corrected chi connectivity index (χ2v) is 7.60. The van der Waals surface area contributed by atoms with Gasteiger partial charge in [0.05, 0.1) is 33.0 Å². The number of nitrogens with one attached hydrogen (secondary N) is 1. The molecule has 2 aromatic rings. The van der Waals surface area contributed by atoms with Gasteiger partial charge in [0, 0.05) is 25.7 Å². The maximum Gasteiger partial charge on any atom is 0.244 e. The average molecular weight is 466 g/mol. The number of ether oxygens (including phenoxy) is 4. The highest BCUT2D eigenvalue weighted by atomic mass is 16.5. The molecule has 0 bridgehead atoms. The van der Waals surface area contributed by atoms with E-state index in [2.05, 4.69) is 10.2 Å². The van der Waals surface area contributed by atoms with Crippen molar-refractivity contribution in [2.45, 2.75) is 13.0 Å². The van der Waals surface area contributed by atoms with Crippen molar-refractivity contribution < 1.29 is 23.7 Å². The molecule has 1 atom stereocenters. The molecule has 1 aliphatic heterocycles. The van der Waals surface area contributed by atoms with Crippen LogP contribution in [0.2, 0.25) is 0 Å². The SMILES string of the molecule is CCOc1ccc(C(CNC(=O)/C=C/c2ccc(OCC#N)cc2)N2CCOCC2)cc1OC. The fourth-order valence-corrected chi connectivity index (χ4v) is 3.73. The molecule has 0 saturated carbocycles. The predicted octanol–water partition coefficient (Wildman–Crippen LogP) is 3.20. The molecule has 0 aliphatic carbocycles. The highest BCUT2D eigenvalue weighted by Gasteiger charge is 2.24. The van der Waals surface area contributed by atoms with Crippen molar-refractivity contribution in [1.29, 1.82) is 5.26 Å². The molecule has 8 nitrogen and oxygen atoms in total. The molecular weight excluding hydrogens is 434 g/mol. The van der Waals surface area contributed by atoms with E-state index < -0.39 is 0 Å². The quantitative estimate of drug-likeness (QED) is 0.510. The molecule has 1 heterocycles. The fraction of sp³-hybridized carbons (Fsp3) is 0.385. The van der Waals surface area contributed by atoms with E-state index in [1.165, 1.54) is 6.08 Å². The molecule has 0 aromatic heterocycles. The van der Waals surface area contributed by atoms with Crippen molar-refractivity contribution >= 4 is 12.0 Å². The first-order valence-corrected chi connectivity index (χ1v) is 11.3. The third kappa shape index (κ3) is 7.24. The Kier molecular flexibility index (Phi) is 9.77. The maximum atomic E-state index is 12.6. The summed E-state index contributed by atoms with van der Waals surface area (Å²) in [4.78, 5) is 14.9. The minimum Gasteiger partial charge on any atom is -0.493 e. The van der Waals surface area contributed by atoms with Crippen LogP contribution in [0.25, 0.3) is 6.08 Å². The minimum atomic E-state index is -0.180. The third-order valence-corrected chi connectivity index (χ3v) is 5.44. The lowest BCUT2D eigenvalue weighted by atomic mass is 10.0. The topological polar surface area (TPSA) is 93.0 Å². The molecule has 0 radical (unpaired) electrons. The van der Waals surface area contributed by atoms with Crippen molar-refractivity contribution in [3.8, 4) is 23.3 Å². The molecule has 2 aromatic carbocycles. The van der Waals surface area contributed by atoms with E-state index in [-0.39, 0.29) is 18.6 Å². The number of carbonyl (C=O) groups is 1. The van der Waals surface area contributed by atoms with Gasteiger partial charge in [-0.25, -0.2) is 0 Å². The molecule has 1 unspecified atom stereocenters. The number of hydrogen-bond donors (Lipinski definition) is 1. The standard InChI is InChI=1S/C26H31N3O5/c1-3-33-24-10-7-21(18-25(24)31-2)23(29-13-16-32-17-14-29)19-28-26(30)11-6-20-4-8-22(9-5-20)34-15-12-27/h4-11,18,23H,3,13-17,19H2,1-2H3,(H,28,30)/b11-6+. The lowest BCUT2D eigenvalue weighted by Crippen LogP contribution is -2.43. The van der Waals surface area contributed by atoms with Crippen molar-refractivity contribution in [2.24, 2.45) is 0 Å². The summed E-state index contributed by atoms with van der Waals surface area (Å²) in [5.41, 5.74) is 1.90. The molecule has 180 valence electrons. The smallest absolute Gasteiger partial charge is 0.244 e. The summed E-state index contributed by atoms with van der Waals surface area (Å²) in [6.45, 7) is 5.82. The van der Waals surface area contributed by atoms with Gasteiger partial charge in [0.15, 0.2) is 18.1 Å². The van der Waals surface area contributed by atoms with E-state index in [0.29, 0.717) is 43.6 Å². The Bertz CT molecular complexity index is 994. The van der Waals surface area contributed by atoms with Gasteiger partial charge in [-0.15, -0.1) is 0 Å². The van der Waals surface area contributed by atoms with Gasteiger partial charge in [0.25, 0.3) is 0 Å². The van der Waals surface area contributed by atoms with Gasteiger partial charge in [-0.3, -0.25) is 9.69 Å². The molecule has 3 rings (SSSR count). The molecular formula is C26H31N3O5. The summed E-state index contributed by atoms with van der Waals surface area (Å²) in [7, 11) is 1.63. The van der Waals surface area contributed by atoms with Gasteiger partial charge < -0.3 is 24.3 Å². The monoisotopic (exact) mass is 465 g/mol. The van der Waals surface area contributed by atoms with Crippen molar-refractivity contribution in [3.05, 3.63) is 59.7 Å². The summed E-state index contributed by atoms with van der Waals surface area (Å²) < 4.78 is 21.9. The van der Waals surface area contributed by atoms with Crippen LogP contribution in [0.4, 0.5) is 0 Å². The minimum absolute atomic E-state index is 0.00211. The Labute approximate surface area is 200 Å². The van der Waals surface area contributed by atoms with Crippen LogP contribution in [0, 0.1) is 11.3 Å². The lowest BCUT2D eigenvalue weighted by Gasteiger charge is -2.35. The molecule has 1 aliphatic rings. The van der Waals surface area contributed by atoms with Crippen LogP contribution >= 0.6 is 0 Å². The Morgan fingerprint density at radius 3 is 2.62 bits per heavy atom. The summed E-state index contributed by atoms with van der Waals surface area (Å²) in [6, 6.07) is 15.0. The summed E-state index contributed by atoms with van der Waals surface area (Å²) in [6.07, 6.45) is 3.26. The van der Waals surface area contributed by atoms with E-state index in [1.807, 2.05) is 43.3 Å². The second-order valence-electron chi connectivity index (χ2n) is 7.60. The van der Waals surface area contributed by atoms with E-state index in [0.717, 1.165) is 24.2 Å². The number of carbonyl (C=O) groups excluding carboxylic acids is 1. The van der Waals surface area contributed by atoms with Gasteiger partial charge in [-0.2, -0.15) is 5.26 Å². The summed E-state index contributed by atoms with van der Waals surface area (Å²) in [5.74, 6) is 1.81. The number of morpholine rings is 1. The molecule has 1 amide bonds. The average Bonchev–Trinajstić information content (AvgIpc) is 2.88. The highest BCUT2D eigenvalue weighted by Crippen LogP contribution is 2.32. The highest BCUT2D eigenvalue weighted by molar-refractivity contribution is 5.91. The first kappa shape index (κ1) is 25.1. The molecule has 34 heavy (non-hydrogen) atoms. The zero-order valence-electron chi connectivity index (χ0n) is 19.7. The molecule has 8 heteroatoms. The second kappa shape index (κ2) is 13.2. The molecule has 1 N–H and O–H groups in total. The Morgan fingerprint density at radius 2 is 1.94 bits per heavy atom. The lowest BCUT2D eigenvalue weighted by molar-refractivity contribution is -0.116. The van der Waals surface area contributed by atoms with Crippen LogP contribution < -0.4 is 19.5 Å². The maximum absolute atomic E-state index is 12.6. The first-order chi connectivity index (χ1) is 16.6. The van der Waals surface area contributed by atoms with Gasteiger partial charge in [-0.1, -0.05) is 18.2 Å². The van der Waals surface area contributed by atoms with Crippen molar-refractivity contribution in [1.82, 2.24) is 10.2 Å². The van der Waals surface area contributed by atoms with Gasteiger partial charge >= 0.3 is 0 Å². The van der Waals surface area contributed by atoms with E-state index in [4.69, 9.17) is 24.2 Å². The van der Waals surface area contributed by atoms with Crippen LogP contribution in [0.3, 0.4) is 0 Å². The van der Waals surface area contributed by atoms with Crippen LogP contribution in [0.5, 0.6) is 17.2 Å². The van der Waals surface area contributed by atoms with Gasteiger partial charge in [0.2, 0.25) is 5.91 Å². The number of nitrogens with zero attached hydrogens (tertiary/aromatic N) is 2. The molecule has 0 spiro atoms. The molecule has 1 saturated heterocycles. The van der Waals surface area contributed by atoms with Gasteiger partial charge in [-0.05, 0) is 48.4 Å². The van der Waals surface area contributed by atoms with Crippen LogP contribution in [0.1, 0.15) is 24.1 Å². The summed E-state index contributed by atoms with van der Waals surface area (Å²) >= 11 is 0. The van der Waals surface area contributed by atoms with E-state index in [1.54, 1.807) is 25.3 Å².